The minimum Gasteiger partial charge on any atom is -0.481 e. The van der Waals surface area contributed by atoms with E-state index in [0.717, 1.165) is 19.4 Å². The van der Waals surface area contributed by atoms with Gasteiger partial charge in [0, 0.05) is 24.8 Å². The van der Waals surface area contributed by atoms with Gasteiger partial charge in [0.2, 0.25) is 5.88 Å². The van der Waals surface area contributed by atoms with Gasteiger partial charge in [-0.3, -0.25) is 0 Å². The summed E-state index contributed by atoms with van der Waals surface area (Å²) in [6.45, 7) is 0.859. The first-order chi connectivity index (χ1) is 9.35. The predicted octanol–water partition coefficient (Wildman–Crippen LogP) is 2.35. The van der Waals surface area contributed by atoms with Crippen molar-refractivity contribution in [3.63, 3.8) is 0 Å². The Labute approximate surface area is 113 Å². The average molecular weight is 254 g/mol. The van der Waals surface area contributed by atoms with Crippen molar-refractivity contribution in [3.05, 3.63) is 59.3 Å². The van der Waals surface area contributed by atoms with Crippen LogP contribution in [0.2, 0.25) is 0 Å². The molecule has 0 fully saturated rings. The molecule has 0 unspecified atom stereocenters. The predicted molar refractivity (Wildman–Crippen MR) is 75.3 cm³/mol. The molecule has 0 aliphatic heterocycles. The molecule has 19 heavy (non-hydrogen) atoms. The molecule has 1 aromatic carbocycles. The van der Waals surface area contributed by atoms with Gasteiger partial charge in [-0.15, -0.1) is 0 Å². The van der Waals surface area contributed by atoms with Crippen molar-refractivity contribution in [2.45, 2.75) is 25.4 Å². The molecule has 1 N–H and O–H groups in total. The van der Waals surface area contributed by atoms with Crippen LogP contribution in [0, 0.1) is 0 Å². The summed E-state index contributed by atoms with van der Waals surface area (Å²) in [4.78, 5) is 4.12. The summed E-state index contributed by atoms with van der Waals surface area (Å²) in [6, 6.07) is 13.2. The number of ether oxygens (including phenoxy) is 1. The number of methoxy groups -OCH3 is 1. The Morgan fingerprint density at radius 2 is 1.95 bits per heavy atom. The van der Waals surface area contributed by atoms with E-state index < -0.39 is 0 Å². The monoisotopic (exact) mass is 254 g/mol. The van der Waals surface area contributed by atoms with Crippen molar-refractivity contribution >= 4 is 0 Å². The maximum Gasteiger partial charge on any atom is 0.213 e. The van der Waals surface area contributed by atoms with Crippen molar-refractivity contribution in [1.29, 1.82) is 0 Å². The van der Waals surface area contributed by atoms with E-state index in [-0.39, 0.29) is 0 Å². The Morgan fingerprint density at radius 3 is 2.63 bits per heavy atom. The summed E-state index contributed by atoms with van der Waals surface area (Å²) in [6.07, 6.45) is 4.04. The van der Waals surface area contributed by atoms with E-state index in [1.165, 1.54) is 16.7 Å². The second-order valence-corrected chi connectivity index (χ2v) is 4.96. The minimum absolute atomic E-state index is 0.538. The van der Waals surface area contributed by atoms with Gasteiger partial charge < -0.3 is 10.1 Å². The van der Waals surface area contributed by atoms with Gasteiger partial charge in [0.05, 0.1) is 7.11 Å². The van der Waals surface area contributed by atoms with Crippen molar-refractivity contribution in [2.75, 3.05) is 7.11 Å². The van der Waals surface area contributed by atoms with E-state index in [4.69, 9.17) is 4.74 Å². The van der Waals surface area contributed by atoms with Gasteiger partial charge in [-0.2, -0.15) is 0 Å². The number of hydrogen-bond donors (Lipinski definition) is 1. The van der Waals surface area contributed by atoms with Crippen LogP contribution >= 0.6 is 0 Å². The fourth-order valence-corrected chi connectivity index (χ4v) is 2.64. The van der Waals surface area contributed by atoms with Gasteiger partial charge in [-0.05, 0) is 35.6 Å². The SMILES string of the molecule is COc1cc(CNC2Cc3ccccc3C2)ccn1. The smallest absolute Gasteiger partial charge is 0.213 e. The molecule has 3 rings (SSSR count). The summed E-state index contributed by atoms with van der Waals surface area (Å²) in [5.74, 6) is 0.675. The Balaban J connectivity index is 1.59. The van der Waals surface area contributed by atoms with Gasteiger partial charge in [-0.25, -0.2) is 4.98 Å². The Kier molecular flexibility index (Phi) is 3.47. The number of nitrogens with zero attached hydrogens (tertiary/aromatic N) is 1. The van der Waals surface area contributed by atoms with Gasteiger partial charge >= 0.3 is 0 Å². The van der Waals surface area contributed by atoms with Crippen LogP contribution in [0.15, 0.2) is 42.6 Å². The van der Waals surface area contributed by atoms with Crippen LogP contribution in [0.5, 0.6) is 5.88 Å². The standard InChI is InChI=1S/C16H18N2O/c1-19-16-8-12(6-7-17-16)11-18-15-9-13-4-2-3-5-14(13)10-15/h2-8,15,18H,9-11H2,1H3. The molecule has 98 valence electrons. The number of hydrogen-bond acceptors (Lipinski definition) is 3. The molecule has 1 heterocycles. The zero-order chi connectivity index (χ0) is 13.1. The number of nitrogens with one attached hydrogen (secondary N) is 1. The average Bonchev–Trinajstić information content (AvgIpc) is 2.88. The van der Waals surface area contributed by atoms with E-state index >= 15 is 0 Å². The molecule has 3 nitrogen and oxygen atoms in total. The highest BCUT2D eigenvalue weighted by Gasteiger charge is 2.19. The summed E-state index contributed by atoms with van der Waals surface area (Å²) in [5.41, 5.74) is 4.17. The van der Waals surface area contributed by atoms with Crippen LogP contribution in [-0.4, -0.2) is 18.1 Å². The quantitative estimate of drug-likeness (QED) is 0.909. The van der Waals surface area contributed by atoms with Crippen molar-refractivity contribution in [2.24, 2.45) is 0 Å². The second kappa shape index (κ2) is 5.41. The Morgan fingerprint density at radius 1 is 1.21 bits per heavy atom. The lowest BCUT2D eigenvalue weighted by Crippen LogP contribution is -2.28. The highest BCUT2D eigenvalue weighted by atomic mass is 16.5. The van der Waals surface area contributed by atoms with Gasteiger partial charge in [0.1, 0.15) is 0 Å². The molecule has 0 amide bonds. The van der Waals surface area contributed by atoms with E-state index in [0.29, 0.717) is 11.9 Å². The molecule has 1 aliphatic rings. The Hall–Kier alpha value is -1.87. The lowest BCUT2D eigenvalue weighted by atomic mass is 10.1. The molecule has 0 spiro atoms. The molecular weight excluding hydrogens is 236 g/mol. The fraction of sp³-hybridized carbons (Fsp3) is 0.312. The molecular formula is C16H18N2O. The van der Waals surface area contributed by atoms with Gasteiger partial charge in [-0.1, -0.05) is 24.3 Å². The van der Waals surface area contributed by atoms with Crippen LogP contribution in [0.4, 0.5) is 0 Å². The third kappa shape index (κ3) is 2.76. The molecule has 3 heteroatoms. The summed E-state index contributed by atoms with van der Waals surface area (Å²) < 4.78 is 5.14. The van der Waals surface area contributed by atoms with Crippen LogP contribution < -0.4 is 10.1 Å². The van der Waals surface area contributed by atoms with E-state index in [2.05, 4.69) is 34.6 Å². The van der Waals surface area contributed by atoms with Crippen LogP contribution in [0.3, 0.4) is 0 Å². The van der Waals surface area contributed by atoms with Crippen LogP contribution in [0.25, 0.3) is 0 Å². The minimum atomic E-state index is 0.538. The number of benzene rings is 1. The Bertz CT molecular complexity index is 543. The van der Waals surface area contributed by atoms with Gasteiger partial charge in [0.15, 0.2) is 0 Å². The largest absolute Gasteiger partial charge is 0.481 e. The summed E-state index contributed by atoms with van der Waals surface area (Å²) in [5, 5.41) is 3.61. The number of pyridine rings is 1. The van der Waals surface area contributed by atoms with Crippen molar-refractivity contribution in [1.82, 2.24) is 10.3 Å². The van der Waals surface area contributed by atoms with E-state index in [1.54, 1.807) is 13.3 Å². The van der Waals surface area contributed by atoms with Crippen LogP contribution in [-0.2, 0) is 19.4 Å². The molecule has 0 radical (unpaired) electrons. The van der Waals surface area contributed by atoms with E-state index in [1.807, 2.05) is 12.1 Å². The molecule has 2 aromatic rings. The second-order valence-electron chi connectivity index (χ2n) is 4.96. The van der Waals surface area contributed by atoms with Crippen molar-refractivity contribution in [3.8, 4) is 5.88 Å². The molecule has 1 aliphatic carbocycles. The maximum absolute atomic E-state index is 5.14. The van der Waals surface area contributed by atoms with Gasteiger partial charge in [0.25, 0.3) is 0 Å². The lowest BCUT2D eigenvalue weighted by molar-refractivity contribution is 0.396. The third-order valence-corrected chi connectivity index (χ3v) is 3.65. The van der Waals surface area contributed by atoms with Crippen LogP contribution in [0.1, 0.15) is 16.7 Å². The highest BCUT2D eigenvalue weighted by Crippen LogP contribution is 2.22. The first-order valence-electron chi connectivity index (χ1n) is 6.64. The molecule has 0 bridgehead atoms. The molecule has 0 saturated heterocycles. The van der Waals surface area contributed by atoms with Crippen molar-refractivity contribution < 1.29 is 4.74 Å². The van der Waals surface area contributed by atoms with E-state index in [9.17, 15) is 0 Å². The summed E-state index contributed by atoms with van der Waals surface area (Å²) >= 11 is 0. The maximum atomic E-state index is 5.14. The topological polar surface area (TPSA) is 34.1 Å². The number of aromatic nitrogens is 1. The number of fused-ring (bicyclic) bond motifs is 1. The normalized spacial score (nSPS) is 14.4. The highest BCUT2D eigenvalue weighted by molar-refractivity contribution is 5.33. The first-order valence-corrected chi connectivity index (χ1v) is 6.64. The first kappa shape index (κ1) is 12.2. The fourth-order valence-electron chi connectivity index (χ4n) is 2.64. The summed E-state index contributed by atoms with van der Waals surface area (Å²) in [7, 11) is 1.65. The lowest BCUT2D eigenvalue weighted by Gasteiger charge is -2.12. The number of rotatable bonds is 4. The zero-order valence-electron chi connectivity index (χ0n) is 11.1. The zero-order valence-corrected chi connectivity index (χ0v) is 11.1. The molecule has 0 saturated carbocycles. The molecule has 1 aromatic heterocycles. The molecule has 0 atom stereocenters. The third-order valence-electron chi connectivity index (χ3n) is 3.65.